The van der Waals surface area contributed by atoms with Gasteiger partial charge in [-0.3, -0.25) is 4.99 Å². The molecule has 120 valence electrons. The van der Waals surface area contributed by atoms with E-state index in [-0.39, 0.29) is 24.0 Å². The fraction of sp³-hybridized carbons (Fsp3) is 0.667. The smallest absolute Gasteiger partial charge is 0.194 e. The molecule has 0 radical (unpaired) electrons. The van der Waals surface area contributed by atoms with E-state index < -0.39 is 0 Å². The molecule has 4 nitrogen and oxygen atoms in total. The number of guanidine groups is 1. The molecule has 0 unspecified atom stereocenters. The summed E-state index contributed by atoms with van der Waals surface area (Å²) < 4.78 is 5.65. The summed E-state index contributed by atoms with van der Waals surface area (Å²) in [6.45, 7) is 10.5. The molecule has 1 fully saturated rings. The highest BCUT2D eigenvalue weighted by Crippen LogP contribution is 2.29. The second-order valence-electron chi connectivity index (χ2n) is 5.59. The van der Waals surface area contributed by atoms with Crippen LogP contribution < -0.4 is 5.32 Å². The van der Waals surface area contributed by atoms with E-state index in [1.165, 1.54) is 0 Å². The predicted molar refractivity (Wildman–Crippen MR) is 102 cm³/mol. The van der Waals surface area contributed by atoms with Gasteiger partial charge < -0.3 is 14.6 Å². The van der Waals surface area contributed by atoms with Gasteiger partial charge in [-0.2, -0.15) is 11.8 Å². The average molecular weight is 423 g/mol. The highest BCUT2D eigenvalue weighted by Gasteiger charge is 2.28. The first-order chi connectivity index (χ1) is 9.61. The highest BCUT2D eigenvalue weighted by atomic mass is 127. The van der Waals surface area contributed by atoms with Crippen LogP contribution in [0.4, 0.5) is 0 Å². The van der Waals surface area contributed by atoms with Gasteiger partial charge in [-0.15, -0.1) is 24.0 Å². The van der Waals surface area contributed by atoms with Crippen LogP contribution in [0.2, 0.25) is 0 Å². The maximum absolute atomic E-state index is 5.35. The number of halogens is 1. The Bertz CT molecular complexity index is 434. The van der Waals surface area contributed by atoms with Gasteiger partial charge in [0.25, 0.3) is 0 Å². The summed E-state index contributed by atoms with van der Waals surface area (Å²) in [5.74, 6) is 3.20. The number of rotatable bonds is 4. The molecule has 2 heterocycles. The van der Waals surface area contributed by atoms with Crippen molar-refractivity contribution >= 4 is 41.7 Å². The molecular formula is C15H26IN3OS. The molecule has 0 atom stereocenters. The van der Waals surface area contributed by atoms with Crippen molar-refractivity contribution in [1.82, 2.24) is 10.2 Å². The van der Waals surface area contributed by atoms with E-state index in [1.54, 1.807) is 6.26 Å². The lowest BCUT2D eigenvalue weighted by molar-refractivity contribution is 0.375. The normalized spacial score (nSPS) is 18.2. The maximum Gasteiger partial charge on any atom is 0.194 e. The van der Waals surface area contributed by atoms with Gasteiger partial charge in [0.2, 0.25) is 0 Å². The van der Waals surface area contributed by atoms with Crippen molar-refractivity contribution in [3.63, 3.8) is 0 Å². The van der Waals surface area contributed by atoms with E-state index >= 15 is 0 Å². The number of nitrogens with one attached hydrogen (secondary N) is 1. The van der Waals surface area contributed by atoms with E-state index in [1.807, 2.05) is 23.9 Å². The Balaban J connectivity index is 0.00000220. The van der Waals surface area contributed by atoms with Crippen LogP contribution in [-0.2, 0) is 6.42 Å². The minimum atomic E-state index is 0. The van der Waals surface area contributed by atoms with Crippen molar-refractivity contribution in [3.8, 4) is 0 Å². The highest BCUT2D eigenvalue weighted by molar-refractivity contribution is 14.0. The molecule has 1 aromatic heterocycles. The molecule has 6 heteroatoms. The Morgan fingerprint density at radius 1 is 1.52 bits per heavy atom. The molecule has 1 aromatic rings. The number of hydrogen-bond donors (Lipinski definition) is 1. The van der Waals surface area contributed by atoms with Crippen LogP contribution in [0.25, 0.3) is 0 Å². The molecule has 1 saturated heterocycles. The van der Waals surface area contributed by atoms with Crippen molar-refractivity contribution in [3.05, 3.63) is 24.2 Å². The zero-order chi connectivity index (χ0) is 14.4. The average Bonchev–Trinajstić information content (AvgIpc) is 2.90. The van der Waals surface area contributed by atoms with Crippen LogP contribution >= 0.6 is 35.7 Å². The topological polar surface area (TPSA) is 40.8 Å². The van der Waals surface area contributed by atoms with Gasteiger partial charge in [0, 0.05) is 43.1 Å². The minimum Gasteiger partial charge on any atom is -0.469 e. The molecule has 0 amide bonds. The molecule has 0 bridgehead atoms. The van der Waals surface area contributed by atoms with Crippen molar-refractivity contribution in [2.45, 2.75) is 31.9 Å². The maximum atomic E-state index is 5.35. The van der Waals surface area contributed by atoms with Gasteiger partial charge in [-0.25, -0.2) is 0 Å². The lowest BCUT2D eigenvalue weighted by atomic mass is 10.2. The molecule has 21 heavy (non-hydrogen) atoms. The number of hydrogen-bond acceptors (Lipinski definition) is 3. The lowest BCUT2D eigenvalue weighted by Gasteiger charge is -2.39. The monoisotopic (exact) mass is 423 g/mol. The van der Waals surface area contributed by atoms with Gasteiger partial charge >= 0.3 is 0 Å². The summed E-state index contributed by atoms with van der Waals surface area (Å²) in [6, 6.07) is 3.93. The second kappa shape index (κ2) is 8.92. The van der Waals surface area contributed by atoms with Crippen molar-refractivity contribution in [2.24, 2.45) is 4.99 Å². The molecule has 2 rings (SSSR count). The summed E-state index contributed by atoms with van der Waals surface area (Å²) in [4.78, 5) is 7.12. The van der Waals surface area contributed by atoms with Crippen LogP contribution in [0.5, 0.6) is 0 Å². The molecule has 0 saturated carbocycles. The first-order valence-corrected chi connectivity index (χ1v) is 8.29. The molecule has 1 aliphatic rings. The standard InChI is InChI=1S/C15H25N3OS.HI/c1-4-16-14(17-8-7-13-6-5-10-19-13)18-9-11-20-15(2,3)12-18;/h5-6,10H,4,7-9,11-12H2,1-3H3,(H,16,17);1H. The van der Waals surface area contributed by atoms with Gasteiger partial charge in [-0.05, 0) is 32.9 Å². The Hall–Kier alpha value is -0.370. The van der Waals surface area contributed by atoms with Crippen LogP contribution in [0, 0.1) is 0 Å². The number of furan rings is 1. The van der Waals surface area contributed by atoms with Crippen LogP contribution in [0.3, 0.4) is 0 Å². The zero-order valence-electron chi connectivity index (χ0n) is 13.1. The van der Waals surface area contributed by atoms with Crippen LogP contribution in [0.1, 0.15) is 26.5 Å². The van der Waals surface area contributed by atoms with E-state index in [4.69, 9.17) is 9.41 Å². The largest absolute Gasteiger partial charge is 0.469 e. The number of aliphatic imine (C=N–C) groups is 1. The predicted octanol–water partition coefficient (Wildman–Crippen LogP) is 3.23. The van der Waals surface area contributed by atoms with Crippen molar-refractivity contribution in [1.29, 1.82) is 0 Å². The Morgan fingerprint density at radius 3 is 2.95 bits per heavy atom. The summed E-state index contributed by atoms with van der Waals surface area (Å²) in [6.07, 6.45) is 2.57. The van der Waals surface area contributed by atoms with Crippen molar-refractivity contribution < 1.29 is 4.42 Å². The van der Waals surface area contributed by atoms with Gasteiger partial charge in [0.05, 0.1) is 6.26 Å². The molecule has 1 N–H and O–H groups in total. The third-order valence-electron chi connectivity index (χ3n) is 3.26. The molecule has 0 spiro atoms. The minimum absolute atomic E-state index is 0. The van der Waals surface area contributed by atoms with Gasteiger partial charge in [-0.1, -0.05) is 0 Å². The van der Waals surface area contributed by atoms with Crippen molar-refractivity contribution in [2.75, 3.05) is 31.9 Å². The quantitative estimate of drug-likeness (QED) is 0.459. The number of nitrogens with zero attached hydrogens (tertiary/aromatic N) is 2. The molecule has 1 aliphatic heterocycles. The van der Waals surface area contributed by atoms with E-state index in [2.05, 4.69) is 31.0 Å². The molecular weight excluding hydrogens is 397 g/mol. The zero-order valence-corrected chi connectivity index (χ0v) is 16.2. The van der Waals surface area contributed by atoms with Crippen LogP contribution in [0.15, 0.2) is 27.8 Å². The van der Waals surface area contributed by atoms with E-state index in [0.29, 0.717) is 4.75 Å². The van der Waals surface area contributed by atoms with Gasteiger partial charge in [0.1, 0.15) is 5.76 Å². The molecule has 0 aromatic carbocycles. The Labute approximate surface area is 149 Å². The van der Waals surface area contributed by atoms with E-state index in [9.17, 15) is 0 Å². The number of thioether (sulfide) groups is 1. The van der Waals surface area contributed by atoms with Crippen LogP contribution in [-0.4, -0.2) is 47.5 Å². The third-order valence-corrected chi connectivity index (χ3v) is 4.56. The van der Waals surface area contributed by atoms with E-state index in [0.717, 1.165) is 50.1 Å². The van der Waals surface area contributed by atoms with Gasteiger partial charge in [0.15, 0.2) is 5.96 Å². The summed E-state index contributed by atoms with van der Waals surface area (Å²) >= 11 is 2.04. The first kappa shape index (κ1) is 18.7. The fourth-order valence-electron chi connectivity index (χ4n) is 2.35. The first-order valence-electron chi connectivity index (χ1n) is 7.30. The molecule has 0 aliphatic carbocycles. The fourth-order valence-corrected chi connectivity index (χ4v) is 3.46. The second-order valence-corrected chi connectivity index (χ2v) is 7.40. The SMILES string of the molecule is CCNC(=NCCc1ccco1)N1CCSC(C)(C)C1.I. The summed E-state index contributed by atoms with van der Waals surface area (Å²) in [5, 5.41) is 3.41. The lowest BCUT2D eigenvalue weighted by Crippen LogP contribution is -2.51. The third kappa shape index (κ3) is 6.10. The Kier molecular flexibility index (Phi) is 7.94. The Morgan fingerprint density at radius 2 is 2.33 bits per heavy atom. The summed E-state index contributed by atoms with van der Waals surface area (Å²) in [5.41, 5.74) is 0. The summed E-state index contributed by atoms with van der Waals surface area (Å²) in [7, 11) is 0.